The van der Waals surface area contributed by atoms with Crippen molar-refractivity contribution in [1.29, 1.82) is 0 Å². The third kappa shape index (κ3) is 17.1. The van der Waals surface area contributed by atoms with Gasteiger partial charge in [-0.1, -0.05) is 90.9 Å². The molecule has 0 aromatic rings. The molecule has 0 aliphatic heterocycles. The highest BCUT2D eigenvalue weighted by molar-refractivity contribution is 6.64. The average Bonchev–Trinajstić information content (AvgIpc) is 2.53. The molecule has 0 saturated carbocycles. The molecule has 1 atom stereocenters. The summed E-state index contributed by atoms with van der Waals surface area (Å²) in [5, 5.41) is -0.366. The van der Waals surface area contributed by atoms with Crippen LogP contribution in [0.1, 0.15) is 110 Å². The largest absolute Gasteiger partial charge is 0.281 e. The van der Waals surface area contributed by atoms with E-state index in [0.717, 1.165) is 25.7 Å². The topological polar surface area (TPSA) is 34.1 Å². The Hall–Kier alpha value is -0.0800. The van der Waals surface area contributed by atoms with Crippen LogP contribution >= 0.6 is 23.2 Å². The lowest BCUT2D eigenvalue weighted by atomic mass is 9.91. The molecule has 0 aromatic heterocycles. The Morgan fingerprint density at radius 1 is 0.640 bits per heavy atom. The van der Waals surface area contributed by atoms with Gasteiger partial charge in [-0.05, 0) is 42.0 Å². The predicted octanol–water partition coefficient (Wildman–Crippen LogP) is 7.64. The van der Waals surface area contributed by atoms with Gasteiger partial charge in [0.15, 0.2) is 0 Å². The van der Waals surface area contributed by atoms with E-state index in [2.05, 4.69) is 13.8 Å². The van der Waals surface area contributed by atoms with E-state index < -0.39 is 0 Å². The van der Waals surface area contributed by atoms with Gasteiger partial charge < -0.3 is 0 Å². The molecule has 0 radical (unpaired) electrons. The van der Waals surface area contributed by atoms with Crippen molar-refractivity contribution < 1.29 is 9.59 Å². The van der Waals surface area contributed by atoms with Crippen molar-refractivity contribution in [3.63, 3.8) is 0 Å². The van der Waals surface area contributed by atoms with Crippen LogP contribution in [0.2, 0.25) is 0 Å². The molecule has 0 spiro atoms. The van der Waals surface area contributed by atoms with Crippen molar-refractivity contribution in [1.82, 2.24) is 0 Å². The van der Waals surface area contributed by atoms with Crippen LogP contribution in [0.25, 0.3) is 0 Å². The van der Waals surface area contributed by atoms with Crippen molar-refractivity contribution in [2.24, 2.45) is 11.8 Å². The fourth-order valence-corrected chi connectivity index (χ4v) is 3.78. The molecule has 0 bridgehead atoms. The third-order valence-corrected chi connectivity index (χ3v) is 5.45. The average molecular weight is 393 g/mol. The van der Waals surface area contributed by atoms with E-state index in [1.54, 1.807) is 0 Å². The zero-order valence-corrected chi connectivity index (χ0v) is 17.8. The highest BCUT2D eigenvalue weighted by atomic mass is 35.5. The van der Waals surface area contributed by atoms with Gasteiger partial charge in [0.1, 0.15) is 0 Å². The smallest absolute Gasteiger partial charge is 0.224 e. The van der Waals surface area contributed by atoms with Gasteiger partial charge in [0, 0.05) is 12.3 Å². The summed E-state index contributed by atoms with van der Waals surface area (Å²) in [5.41, 5.74) is 0. The number of carbonyl (C=O) groups is 2. The first-order valence-corrected chi connectivity index (χ1v) is 11.1. The summed E-state index contributed by atoms with van der Waals surface area (Å²) >= 11 is 11.0. The third-order valence-electron chi connectivity index (χ3n) is 4.98. The van der Waals surface area contributed by atoms with Crippen molar-refractivity contribution in [2.45, 2.75) is 110 Å². The summed E-state index contributed by atoms with van der Waals surface area (Å²) in [6.07, 6.45) is 17.7. The van der Waals surface area contributed by atoms with Gasteiger partial charge in [0.05, 0.1) is 0 Å². The quantitative estimate of drug-likeness (QED) is 0.177. The van der Waals surface area contributed by atoms with E-state index in [0.29, 0.717) is 12.3 Å². The number of hydrogen-bond donors (Lipinski definition) is 0. The number of carbonyl (C=O) groups excluding carboxylic acids is 2. The summed E-state index contributed by atoms with van der Waals surface area (Å²) in [4.78, 5) is 21.9. The Bertz CT molecular complexity index is 343. The Morgan fingerprint density at radius 2 is 1.00 bits per heavy atom. The minimum Gasteiger partial charge on any atom is -0.281 e. The first-order chi connectivity index (χ1) is 11.9. The molecule has 2 nitrogen and oxygen atoms in total. The maximum absolute atomic E-state index is 11.3. The molecule has 0 heterocycles. The summed E-state index contributed by atoms with van der Waals surface area (Å²) in [5.74, 6) is 0.393. The van der Waals surface area contributed by atoms with Crippen LogP contribution in [-0.2, 0) is 9.59 Å². The minimum atomic E-state index is -0.202. The molecular weight excluding hydrogens is 355 g/mol. The Balaban J connectivity index is 3.24. The molecule has 0 aliphatic carbocycles. The number of hydrogen-bond acceptors (Lipinski definition) is 2. The molecule has 1 unspecified atom stereocenters. The molecule has 0 amide bonds. The van der Waals surface area contributed by atoms with Gasteiger partial charge >= 0.3 is 0 Å². The van der Waals surface area contributed by atoms with Gasteiger partial charge in [-0.15, -0.1) is 0 Å². The molecule has 148 valence electrons. The standard InChI is InChI=1S/C21H38Cl2O2/c1-18(2)19(21(23)25)16-14-12-10-8-6-4-3-5-7-9-11-13-15-17-20(22)24/h18-19H,3-17H2,1-2H3. The zero-order chi connectivity index (χ0) is 18.9. The van der Waals surface area contributed by atoms with Crippen LogP contribution < -0.4 is 0 Å². The molecule has 0 saturated heterocycles. The monoisotopic (exact) mass is 392 g/mol. The summed E-state index contributed by atoms with van der Waals surface area (Å²) in [6.45, 7) is 4.15. The molecular formula is C21H38Cl2O2. The van der Waals surface area contributed by atoms with E-state index >= 15 is 0 Å². The fraction of sp³-hybridized carbons (Fsp3) is 0.905. The highest BCUT2D eigenvalue weighted by Crippen LogP contribution is 2.22. The van der Waals surface area contributed by atoms with Crippen LogP contribution in [0.15, 0.2) is 0 Å². The van der Waals surface area contributed by atoms with E-state index in [1.165, 1.54) is 64.2 Å². The van der Waals surface area contributed by atoms with Crippen molar-refractivity contribution >= 4 is 33.7 Å². The first kappa shape index (κ1) is 24.9. The maximum Gasteiger partial charge on any atom is 0.224 e. The molecule has 0 fully saturated rings. The molecule has 0 aliphatic rings. The van der Waals surface area contributed by atoms with Gasteiger partial charge in [0.25, 0.3) is 0 Å². The second kappa shape index (κ2) is 17.3. The van der Waals surface area contributed by atoms with Crippen molar-refractivity contribution in [2.75, 3.05) is 0 Å². The van der Waals surface area contributed by atoms with Crippen LogP contribution in [0.3, 0.4) is 0 Å². The summed E-state index contributed by atoms with van der Waals surface area (Å²) in [6, 6.07) is 0. The molecule has 0 N–H and O–H groups in total. The van der Waals surface area contributed by atoms with Crippen molar-refractivity contribution in [3.8, 4) is 0 Å². The lowest BCUT2D eigenvalue weighted by Gasteiger charge is -2.15. The van der Waals surface area contributed by atoms with Crippen LogP contribution in [0.4, 0.5) is 0 Å². The van der Waals surface area contributed by atoms with E-state index in [1.807, 2.05) is 0 Å². The van der Waals surface area contributed by atoms with Crippen LogP contribution in [0, 0.1) is 11.8 Å². The van der Waals surface area contributed by atoms with Gasteiger partial charge in [0.2, 0.25) is 10.5 Å². The number of halogens is 2. The molecule has 25 heavy (non-hydrogen) atoms. The fourth-order valence-electron chi connectivity index (χ4n) is 3.28. The zero-order valence-electron chi connectivity index (χ0n) is 16.3. The number of rotatable bonds is 18. The Kier molecular flexibility index (Phi) is 17.3. The highest BCUT2D eigenvalue weighted by Gasteiger charge is 2.19. The van der Waals surface area contributed by atoms with E-state index in [4.69, 9.17) is 23.2 Å². The number of unbranched alkanes of at least 4 members (excludes halogenated alkanes) is 12. The Morgan fingerprint density at radius 3 is 1.32 bits per heavy atom. The SMILES string of the molecule is CC(C)C(CCCCCCCCCCCCCCCC(=O)Cl)C(=O)Cl. The van der Waals surface area contributed by atoms with E-state index in [9.17, 15) is 9.59 Å². The normalized spacial score (nSPS) is 12.5. The van der Waals surface area contributed by atoms with Gasteiger partial charge in [-0.25, -0.2) is 0 Å². The maximum atomic E-state index is 11.3. The van der Waals surface area contributed by atoms with Crippen molar-refractivity contribution in [3.05, 3.63) is 0 Å². The predicted molar refractivity (Wildman–Crippen MR) is 109 cm³/mol. The Labute approximate surface area is 165 Å². The van der Waals surface area contributed by atoms with Crippen LogP contribution in [0.5, 0.6) is 0 Å². The minimum absolute atomic E-state index is 0.0390. The second-order valence-electron chi connectivity index (χ2n) is 7.64. The summed E-state index contributed by atoms with van der Waals surface area (Å²) in [7, 11) is 0. The molecule has 4 heteroatoms. The molecule has 0 aromatic carbocycles. The summed E-state index contributed by atoms with van der Waals surface area (Å²) < 4.78 is 0. The first-order valence-electron chi connectivity index (χ1n) is 10.3. The second-order valence-corrected chi connectivity index (χ2v) is 8.44. The van der Waals surface area contributed by atoms with Gasteiger partial charge in [-0.2, -0.15) is 0 Å². The lowest BCUT2D eigenvalue weighted by Crippen LogP contribution is -2.15. The van der Waals surface area contributed by atoms with E-state index in [-0.39, 0.29) is 16.4 Å². The van der Waals surface area contributed by atoms with Crippen LogP contribution in [-0.4, -0.2) is 10.5 Å². The van der Waals surface area contributed by atoms with Gasteiger partial charge in [-0.3, -0.25) is 9.59 Å². The lowest BCUT2D eigenvalue weighted by molar-refractivity contribution is -0.116. The molecule has 0 rings (SSSR count).